The molecule has 11 heavy (non-hydrogen) atoms. The lowest BCUT2D eigenvalue weighted by Crippen LogP contribution is -2.19. The highest BCUT2D eigenvalue weighted by molar-refractivity contribution is 5.88. The minimum Gasteiger partial charge on any atom is -0.423 e. The van der Waals surface area contributed by atoms with Gasteiger partial charge in [-0.2, -0.15) is 0 Å². The molecular formula is C7H6O4. The molecule has 0 spiro atoms. The molecule has 1 N–H and O–H groups in total. The first kappa shape index (κ1) is 6.57. The lowest BCUT2D eigenvalue weighted by molar-refractivity contribution is -0.132. The molecule has 0 unspecified atom stereocenters. The van der Waals surface area contributed by atoms with E-state index in [4.69, 9.17) is 14.6 Å². The number of hydrogen-bond donors (Lipinski definition) is 1. The third-order valence-electron chi connectivity index (χ3n) is 1.56. The van der Waals surface area contributed by atoms with Gasteiger partial charge in [0, 0.05) is 6.08 Å². The molecule has 4 nitrogen and oxygen atoms in total. The Morgan fingerprint density at radius 3 is 3.18 bits per heavy atom. The van der Waals surface area contributed by atoms with Crippen molar-refractivity contribution in [2.75, 3.05) is 6.61 Å². The van der Waals surface area contributed by atoms with Gasteiger partial charge in [0.05, 0.1) is 12.2 Å². The van der Waals surface area contributed by atoms with Gasteiger partial charge < -0.3 is 14.6 Å². The molecule has 0 saturated carbocycles. The van der Waals surface area contributed by atoms with Crippen molar-refractivity contribution in [1.82, 2.24) is 0 Å². The van der Waals surface area contributed by atoms with Crippen LogP contribution in [-0.2, 0) is 14.3 Å². The second kappa shape index (κ2) is 2.18. The number of ether oxygens (including phenoxy) is 2. The van der Waals surface area contributed by atoms with Crippen LogP contribution < -0.4 is 0 Å². The van der Waals surface area contributed by atoms with E-state index in [-0.39, 0.29) is 6.61 Å². The summed E-state index contributed by atoms with van der Waals surface area (Å²) in [6, 6.07) is 0. The maximum atomic E-state index is 10.6. The standard InChI is InChI=1S/C7H6O4/c8-6-3-4-5(11-6)1-2-10-7(4)9/h1,3,7,9H,2H2/t7-/m0/s1. The minimum atomic E-state index is -1.01. The van der Waals surface area contributed by atoms with Crippen molar-refractivity contribution in [1.29, 1.82) is 0 Å². The highest BCUT2D eigenvalue weighted by Crippen LogP contribution is 2.26. The van der Waals surface area contributed by atoms with Crippen molar-refractivity contribution in [3.8, 4) is 0 Å². The van der Waals surface area contributed by atoms with Crippen molar-refractivity contribution in [3.63, 3.8) is 0 Å². The lowest BCUT2D eigenvalue weighted by Gasteiger charge is -2.16. The molecule has 0 bridgehead atoms. The number of carbonyl (C=O) groups is 1. The van der Waals surface area contributed by atoms with Crippen molar-refractivity contribution in [2.24, 2.45) is 0 Å². The van der Waals surface area contributed by atoms with E-state index in [0.29, 0.717) is 11.3 Å². The Kier molecular flexibility index (Phi) is 1.30. The number of aliphatic hydroxyl groups is 1. The van der Waals surface area contributed by atoms with Gasteiger partial charge in [-0.15, -0.1) is 0 Å². The SMILES string of the molecule is O=C1C=C2C(=CCO[C@@H]2O)O1. The fraction of sp³-hybridized carbons (Fsp3) is 0.286. The summed E-state index contributed by atoms with van der Waals surface area (Å²) < 4.78 is 9.54. The van der Waals surface area contributed by atoms with E-state index < -0.39 is 12.3 Å². The molecule has 0 saturated heterocycles. The third-order valence-corrected chi connectivity index (χ3v) is 1.56. The van der Waals surface area contributed by atoms with E-state index in [2.05, 4.69) is 0 Å². The van der Waals surface area contributed by atoms with Crippen LogP contribution in [-0.4, -0.2) is 24.0 Å². The average Bonchev–Trinajstić information content (AvgIpc) is 2.31. The maximum Gasteiger partial charge on any atom is 0.336 e. The Morgan fingerprint density at radius 1 is 1.64 bits per heavy atom. The Bertz CT molecular complexity index is 264. The highest BCUT2D eigenvalue weighted by atomic mass is 16.6. The summed E-state index contributed by atoms with van der Waals surface area (Å²) in [5.74, 6) is -0.0236. The quantitative estimate of drug-likeness (QED) is 0.487. The molecule has 0 aliphatic carbocycles. The fourth-order valence-corrected chi connectivity index (χ4v) is 1.05. The maximum absolute atomic E-state index is 10.6. The summed E-state index contributed by atoms with van der Waals surface area (Å²) in [4.78, 5) is 10.6. The topological polar surface area (TPSA) is 55.8 Å². The predicted molar refractivity (Wildman–Crippen MR) is 34.2 cm³/mol. The van der Waals surface area contributed by atoms with Gasteiger partial charge in [0.25, 0.3) is 0 Å². The molecular weight excluding hydrogens is 148 g/mol. The summed E-state index contributed by atoms with van der Waals surface area (Å²) >= 11 is 0. The van der Waals surface area contributed by atoms with Gasteiger partial charge in [0.1, 0.15) is 5.76 Å². The lowest BCUT2D eigenvalue weighted by atomic mass is 10.2. The Balaban J connectivity index is 2.38. The summed E-state index contributed by atoms with van der Waals surface area (Å²) in [5, 5.41) is 9.13. The van der Waals surface area contributed by atoms with Crippen molar-refractivity contribution < 1.29 is 19.4 Å². The van der Waals surface area contributed by atoms with Crippen LogP contribution in [0.2, 0.25) is 0 Å². The normalized spacial score (nSPS) is 28.8. The molecule has 1 atom stereocenters. The Labute approximate surface area is 62.7 Å². The van der Waals surface area contributed by atoms with Crippen LogP contribution in [0.1, 0.15) is 0 Å². The zero-order chi connectivity index (χ0) is 7.84. The molecule has 2 aliphatic rings. The van der Waals surface area contributed by atoms with Gasteiger partial charge in [-0.05, 0) is 6.08 Å². The van der Waals surface area contributed by atoms with Gasteiger partial charge in [0.15, 0.2) is 6.29 Å². The second-order valence-corrected chi connectivity index (χ2v) is 2.27. The third kappa shape index (κ3) is 0.961. The first-order valence-corrected chi connectivity index (χ1v) is 3.21. The van der Waals surface area contributed by atoms with Gasteiger partial charge in [-0.25, -0.2) is 4.79 Å². The van der Waals surface area contributed by atoms with Crippen LogP contribution >= 0.6 is 0 Å². The van der Waals surface area contributed by atoms with E-state index in [1.807, 2.05) is 0 Å². The summed E-state index contributed by atoms with van der Waals surface area (Å²) in [6.45, 7) is 0.279. The minimum absolute atomic E-state index is 0.279. The van der Waals surface area contributed by atoms with Crippen LogP contribution in [0.4, 0.5) is 0 Å². The van der Waals surface area contributed by atoms with E-state index in [9.17, 15) is 4.79 Å². The zero-order valence-electron chi connectivity index (χ0n) is 5.61. The van der Waals surface area contributed by atoms with Crippen LogP contribution in [0.5, 0.6) is 0 Å². The summed E-state index contributed by atoms with van der Waals surface area (Å²) in [5.41, 5.74) is 0.418. The number of carbonyl (C=O) groups excluding carboxylic acids is 1. The fourth-order valence-electron chi connectivity index (χ4n) is 1.05. The van der Waals surface area contributed by atoms with E-state index in [1.54, 1.807) is 6.08 Å². The monoisotopic (exact) mass is 154 g/mol. The molecule has 58 valence electrons. The molecule has 2 rings (SSSR count). The first-order valence-electron chi connectivity index (χ1n) is 3.21. The van der Waals surface area contributed by atoms with E-state index in [1.165, 1.54) is 6.08 Å². The summed E-state index contributed by atoms with van der Waals surface area (Å²) in [7, 11) is 0. The summed E-state index contributed by atoms with van der Waals surface area (Å²) in [6.07, 6.45) is 1.83. The van der Waals surface area contributed by atoms with E-state index in [0.717, 1.165) is 0 Å². The smallest absolute Gasteiger partial charge is 0.336 e. The number of rotatable bonds is 0. The molecule has 0 aromatic rings. The van der Waals surface area contributed by atoms with Gasteiger partial charge >= 0.3 is 5.97 Å². The number of hydrogen-bond acceptors (Lipinski definition) is 4. The molecule has 2 heterocycles. The van der Waals surface area contributed by atoms with E-state index >= 15 is 0 Å². The number of esters is 1. The predicted octanol–water partition coefficient (Wildman–Crippen LogP) is -0.298. The van der Waals surface area contributed by atoms with Crippen LogP contribution in [0.25, 0.3) is 0 Å². The molecule has 0 amide bonds. The zero-order valence-corrected chi connectivity index (χ0v) is 5.61. The van der Waals surface area contributed by atoms with Crippen LogP contribution in [0, 0.1) is 0 Å². The van der Waals surface area contributed by atoms with Crippen LogP contribution in [0.3, 0.4) is 0 Å². The van der Waals surface area contributed by atoms with Crippen molar-refractivity contribution in [2.45, 2.75) is 6.29 Å². The Morgan fingerprint density at radius 2 is 2.45 bits per heavy atom. The number of fused-ring (bicyclic) bond motifs is 1. The highest BCUT2D eigenvalue weighted by Gasteiger charge is 2.28. The van der Waals surface area contributed by atoms with Crippen molar-refractivity contribution >= 4 is 5.97 Å². The Hall–Kier alpha value is -1.13. The molecule has 2 aliphatic heterocycles. The first-order chi connectivity index (χ1) is 5.27. The van der Waals surface area contributed by atoms with Crippen LogP contribution in [0.15, 0.2) is 23.5 Å². The molecule has 0 aromatic heterocycles. The number of aliphatic hydroxyl groups excluding tert-OH is 1. The molecule has 0 fully saturated rings. The second-order valence-electron chi connectivity index (χ2n) is 2.27. The van der Waals surface area contributed by atoms with Gasteiger partial charge in [-0.1, -0.05) is 0 Å². The largest absolute Gasteiger partial charge is 0.423 e. The van der Waals surface area contributed by atoms with Gasteiger partial charge in [0.2, 0.25) is 0 Å². The average molecular weight is 154 g/mol. The van der Waals surface area contributed by atoms with Gasteiger partial charge in [-0.3, -0.25) is 0 Å². The van der Waals surface area contributed by atoms with Crippen molar-refractivity contribution in [3.05, 3.63) is 23.5 Å². The molecule has 0 radical (unpaired) electrons. The molecule has 0 aromatic carbocycles. The molecule has 4 heteroatoms.